The highest BCUT2D eigenvalue weighted by molar-refractivity contribution is 6.02. The van der Waals surface area contributed by atoms with Gasteiger partial charge in [0, 0.05) is 43.8 Å². The predicted octanol–water partition coefficient (Wildman–Crippen LogP) is 2.16. The number of aryl methyl sites for hydroxylation is 1. The molecule has 1 fully saturated rings. The van der Waals surface area contributed by atoms with Crippen molar-refractivity contribution in [1.82, 2.24) is 29.9 Å². The average Bonchev–Trinajstić information content (AvgIpc) is 3.23. The Hall–Kier alpha value is -3.59. The topological polar surface area (TPSA) is 92.1 Å². The number of carbonyl (C=O) groups excluding carboxylic acids is 1. The summed E-state index contributed by atoms with van der Waals surface area (Å²) in [6.45, 7) is 6.18. The van der Waals surface area contributed by atoms with Gasteiger partial charge in [-0.1, -0.05) is 41.6 Å². The molecule has 2 aromatic heterocycles. The Kier molecular flexibility index (Phi) is 5.17. The number of benzene rings is 2. The third-order valence-electron chi connectivity index (χ3n) is 5.68. The van der Waals surface area contributed by atoms with Crippen LogP contribution in [0.25, 0.3) is 21.9 Å². The first-order valence-corrected chi connectivity index (χ1v) is 10.5. The molecule has 1 aliphatic rings. The number of rotatable bonds is 5. The van der Waals surface area contributed by atoms with Gasteiger partial charge in [0.25, 0.3) is 0 Å². The van der Waals surface area contributed by atoms with Crippen LogP contribution in [0.5, 0.6) is 0 Å². The molecule has 1 N–H and O–H groups in total. The van der Waals surface area contributed by atoms with E-state index < -0.39 is 0 Å². The molecule has 2 aromatic carbocycles. The summed E-state index contributed by atoms with van der Waals surface area (Å²) in [6.07, 6.45) is 1.57. The maximum Gasteiger partial charge on any atom is 0.238 e. The van der Waals surface area contributed by atoms with Crippen molar-refractivity contribution < 1.29 is 4.79 Å². The molecule has 3 heterocycles. The lowest BCUT2D eigenvalue weighted by Crippen LogP contribution is -2.49. The summed E-state index contributed by atoms with van der Waals surface area (Å²) >= 11 is 0. The van der Waals surface area contributed by atoms with E-state index in [0.29, 0.717) is 13.1 Å². The zero-order valence-electron chi connectivity index (χ0n) is 17.4. The fraction of sp³-hybridized carbons (Fsp3) is 0.318. The SMILES string of the molecule is CCn1nnc2c(N3CCN(CC(=O)Nc4cccc5ccccc45)CC3)ncnc21. The number of aromatic nitrogens is 5. The van der Waals surface area contributed by atoms with E-state index in [2.05, 4.69) is 35.4 Å². The molecule has 5 rings (SSSR count). The zero-order valence-corrected chi connectivity index (χ0v) is 17.4. The minimum absolute atomic E-state index is 0.000110. The Morgan fingerprint density at radius 2 is 1.84 bits per heavy atom. The number of nitrogens with one attached hydrogen (secondary N) is 1. The van der Waals surface area contributed by atoms with Crippen LogP contribution in [0.3, 0.4) is 0 Å². The van der Waals surface area contributed by atoms with Gasteiger partial charge in [-0.05, 0) is 18.4 Å². The predicted molar refractivity (Wildman–Crippen MR) is 120 cm³/mol. The van der Waals surface area contributed by atoms with Gasteiger partial charge in [0.15, 0.2) is 17.0 Å². The van der Waals surface area contributed by atoms with Gasteiger partial charge in [0.05, 0.1) is 6.54 Å². The fourth-order valence-corrected chi connectivity index (χ4v) is 4.07. The number of hydrogen-bond donors (Lipinski definition) is 1. The third-order valence-corrected chi connectivity index (χ3v) is 5.68. The first kappa shape index (κ1) is 19.4. The van der Waals surface area contributed by atoms with Crippen molar-refractivity contribution >= 4 is 39.3 Å². The van der Waals surface area contributed by atoms with Crippen LogP contribution in [0, 0.1) is 0 Å². The van der Waals surface area contributed by atoms with Crippen molar-refractivity contribution in [1.29, 1.82) is 0 Å². The summed E-state index contributed by atoms with van der Waals surface area (Å²) in [4.78, 5) is 25.8. The molecule has 1 aliphatic heterocycles. The highest BCUT2D eigenvalue weighted by Crippen LogP contribution is 2.24. The molecule has 9 nitrogen and oxygen atoms in total. The van der Waals surface area contributed by atoms with Gasteiger partial charge in [-0.3, -0.25) is 9.69 Å². The average molecular weight is 416 g/mol. The van der Waals surface area contributed by atoms with E-state index in [0.717, 1.165) is 59.6 Å². The minimum atomic E-state index is 0.000110. The van der Waals surface area contributed by atoms with E-state index in [-0.39, 0.29) is 5.91 Å². The monoisotopic (exact) mass is 416 g/mol. The van der Waals surface area contributed by atoms with E-state index in [1.54, 1.807) is 11.0 Å². The van der Waals surface area contributed by atoms with Gasteiger partial charge in [0.1, 0.15) is 6.33 Å². The van der Waals surface area contributed by atoms with Crippen molar-refractivity contribution in [3.8, 4) is 0 Å². The van der Waals surface area contributed by atoms with Crippen LogP contribution in [0.4, 0.5) is 11.5 Å². The molecule has 0 spiro atoms. The Labute approximate surface area is 179 Å². The van der Waals surface area contributed by atoms with Gasteiger partial charge in [0.2, 0.25) is 5.91 Å². The Balaban J connectivity index is 1.22. The molecule has 0 aliphatic carbocycles. The normalized spacial score (nSPS) is 14.9. The van der Waals surface area contributed by atoms with Crippen molar-refractivity contribution in [3.05, 3.63) is 48.8 Å². The second-order valence-corrected chi connectivity index (χ2v) is 7.61. The maximum atomic E-state index is 12.7. The summed E-state index contributed by atoms with van der Waals surface area (Å²) in [6, 6.07) is 14.0. The first-order chi connectivity index (χ1) is 15.2. The Bertz CT molecular complexity index is 1220. The number of amides is 1. The third kappa shape index (κ3) is 3.79. The van der Waals surface area contributed by atoms with Crippen molar-refractivity contribution in [2.24, 2.45) is 0 Å². The van der Waals surface area contributed by atoms with Crippen LogP contribution in [0.1, 0.15) is 6.92 Å². The summed E-state index contributed by atoms with van der Waals surface area (Å²) in [5.41, 5.74) is 2.33. The lowest BCUT2D eigenvalue weighted by Gasteiger charge is -2.34. The maximum absolute atomic E-state index is 12.7. The fourth-order valence-electron chi connectivity index (χ4n) is 4.07. The van der Waals surface area contributed by atoms with E-state index in [4.69, 9.17) is 0 Å². The quantitative estimate of drug-likeness (QED) is 0.533. The van der Waals surface area contributed by atoms with Crippen LogP contribution in [0.15, 0.2) is 48.8 Å². The van der Waals surface area contributed by atoms with Crippen molar-refractivity contribution in [2.75, 3.05) is 42.9 Å². The molecular weight excluding hydrogens is 392 g/mol. The number of fused-ring (bicyclic) bond motifs is 2. The molecule has 1 saturated heterocycles. The zero-order chi connectivity index (χ0) is 21.2. The smallest absolute Gasteiger partial charge is 0.238 e. The molecule has 0 unspecified atom stereocenters. The standard InChI is InChI=1S/C22H24N8O/c1-2-30-22-20(26-27-30)21(23-15-24-22)29-12-10-28(11-13-29)14-19(31)25-18-9-5-7-16-6-3-4-8-17(16)18/h3-9,15H,2,10-14H2,1H3,(H,25,31). The van der Waals surface area contributed by atoms with E-state index >= 15 is 0 Å². The van der Waals surface area contributed by atoms with E-state index in [1.165, 1.54) is 0 Å². The number of anilines is 2. The highest BCUT2D eigenvalue weighted by Gasteiger charge is 2.23. The number of hydrogen-bond acceptors (Lipinski definition) is 7. The first-order valence-electron chi connectivity index (χ1n) is 10.5. The van der Waals surface area contributed by atoms with Crippen LogP contribution < -0.4 is 10.2 Å². The van der Waals surface area contributed by atoms with E-state index in [9.17, 15) is 4.79 Å². The summed E-state index contributed by atoms with van der Waals surface area (Å²) in [7, 11) is 0. The lowest BCUT2D eigenvalue weighted by molar-refractivity contribution is -0.117. The van der Waals surface area contributed by atoms with Crippen LogP contribution in [-0.2, 0) is 11.3 Å². The Morgan fingerprint density at radius 3 is 2.68 bits per heavy atom. The van der Waals surface area contributed by atoms with Gasteiger partial charge < -0.3 is 10.2 Å². The molecule has 4 aromatic rings. The molecule has 0 bridgehead atoms. The van der Waals surface area contributed by atoms with Gasteiger partial charge >= 0.3 is 0 Å². The molecular formula is C22H24N8O. The summed E-state index contributed by atoms with van der Waals surface area (Å²) < 4.78 is 1.77. The van der Waals surface area contributed by atoms with E-state index in [1.807, 2.05) is 49.4 Å². The second kappa shape index (κ2) is 8.27. The van der Waals surface area contributed by atoms with Crippen LogP contribution in [-0.4, -0.2) is 68.5 Å². The molecule has 9 heteroatoms. The molecule has 0 radical (unpaired) electrons. The Morgan fingerprint density at radius 1 is 1.03 bits per heavy atom. The highest BCUT2D eigenvalue weighted by atomic mass is 16.2. The molecule has 0 saturated carbocycles. The number of nitrogens with zero attached hydrogens (tertiary/aromatic N) is 7. The molecule has 0 atom stereocenters. The van der Waals surface area contributed by atoms with Crippen molar-refractivity contribution in [3.63, 3.8) is 0 Å². The number of piperazine rings is 1. The second-order valence-electron chi connectivity index (χ2n) is 7.61. The van der Waals surface area contributed by atoms with Gasteiger partial charge in [-0.15, -0.1) is 5.10 Å². The molecule has 31 heavy (non-hydrogen) atoms. The van der Waals surface area contributed by atoms with Gasteiger partial charge in [-0.2, -0.15) is 0 Å². The van der Waals surface area contributed by atoms with Crippen LogP contribution >= 0.6 is 0 Å². The van der Waals surface area contributed by atoms with Crippen molar-refractivity contribution in [2.45, 2.75) is 13.5 Å². The lowest BCUT2D eigenvalue weighted by atomic mass is 10.1. The minimum Gasteiger partial charge on any atom is -0.352 e. The summed E-state index contributed by atoms with van der Waals surface area (Å²) in [5, 5.41) is 13.7. The molecule has 158 valence electrons. The largest absolute Gasteiger partial charge is 0.352 e. The number of carbonyl (C=O) groups is 1. The summed E-state index contributed by atoms with van der Waals surface area (Å²) in [5.74, 6) is 0.810. The molecule has 1 amide bonds. The van der Waals surface area contributed by atoms with Crippen LogP contribution in [0.2, 0.25) is 0 Å². The van der Waals surface area contributed by atoms with Gasteiger partial charge in [-0.25, -0.2) is 14.6 Å².